The van der Waals surface area contributed by atoms with Crippen molar-refractivity contribution in [1.82, 2.24) is 0 Å². The Bertz CT molecular complexity index is 777. The Morgan fingerprint density at radius 2 is 1.81 bits per heavy atom. The third-order valence-corrected chi connectivity index (χ3v) is 4.27. The molecule has 0 bridgehead atoms. The highest BCUT2D eigenvalue weighted by Gasteiger charge is 2.21. The van der Waals surface area contributed by atoms with Crippen LogP contribution < -0.4 is 10.5 Å². The summed E-state index contributed by atoms with van der Waals surface area (Å²) in [4.78, 5) is -0.564. The predicted octanol–water partition coefficient (Wildman–Crippen LogP) is 2.53. The number of nitrogens with one attached hydrogen (secondary N) is 1. The van der Waals surface area contributed by atoms with E-state index in [1.807, 2.05) is 4.72 Å². The number of aryl methyl sites for hydroxylation is 1. The lowest BCUT2D eigenvalue weighted by molar-refractivity contribution is 0.568. The molecule has 7 heteroatoms. The highest BCUT2D eigenvalue weighted by Crippen LogP contribution is 2.22. The lowest BCUT2D eigenvalue weighted by Gasteiger charge is -2.11. The van der Waals surface area contributed by atoms with Crippen molar-refractivity contribution in [3.05, 3.63) is 59.2 Å². The van der Waals surface area contributed by atoms with Crippen LogP contribution >= 0.6 is 0 Å². The molecule has 21 heavy (non-hydrogen) atoms. The molecule has 0 aliphatic rings. The van der Waals surface area contributed by atoms with Gasteiger partial charge in [-0.3, -0.25) is 4.72 Å². The van der Waals surface area contributed by atoms with Crippen LogP contribution in [0.5, 0.6) is 0 Å². The summed E-state index contributed by atoms with van der Waals surface area (Å²) in [7, 11) is -4.23. The second-order valence-electron chi connectivity index (χ2n) is 4.56. The maximum atomic E-state index is 13.7. The Hall–Kier alpha value is -1.99. The van der Waals surface area contributed by atoms with Crippen molar-refractivity contribution in [1.29, 1.82) is 0 Å². The molecule has 0 unspecified atom stereocenters. The number of halogens is 2. The Balaban J connectivity index is 2.43. The maximum Gasteiger partial charge on any atom is 0.264 e. The lowest BCUT2D eigenvalue weighted by atomic mass is 10.2. The first-order chi connectivity index (χ1) is 9.83. The van der Waals surface area contributed by atoms with E-state index >= 15 is 0 Å². The number of nitrogens with two attached hydrogens (primary N) is 1. The van der Waals surface area contributed by atoms with Crippen LogP contribution in [0, 0.1) is 18.6 Å². The van der Waals surface area contributed by atoms with Crippen LogP contribution in [0.15, 0.2) is 41.3 Å². The molecule has 112 valence electrons. The summed E-state index contributed by atoms with van der Waals surface area (Å²) >= 11 is 0. The van der Waals surface area contributed by atoms with Gasteiger partial charge in [0.05, 0.1) is 5.69 Å². The average Bonchev–Trinajstić information content (AvgIpc) is 2.42. The molecule has 0 aromatic heterocycles. The fourth-order valence-corrected chi connectivity index (χ4v) is 2.98. The highest BCUT2D eigenvalue weighted by molar-refractivity contribution is 7.92. The second-order valence-corrected chi connectivity index (χ2v) is 6.21. The Morgan fingerprint density at radius 1 is 1.10 bits per heavy atom. The van der Waals surface area contributed by atoms with Crippen molar-refractivity contribution >= 4 is 15.7 Å². The number of hydrogen-bond acceptors (Lipinski definition) is 3. The van der Waals surface area contributed by atoms with Crippen LogP contribution in [0.2, 0.25) is 0 Å². The number of anilines is 1. The van der Waals surface area contributed by atoms with Gasteiger partial charge in [0.25, 0.3) is 10.0 Å². The molecule has 0 atom stereocenters. The molecule has 4 nitrogen and oxygen atoms in total. The minimum Gasteiger partial charge on any atom is -0.326 e. The minimum absolute atomic E-state index is 0.0711. The van der Waals surface area contributed by atoms with Gasteiger partial charge >= 0.3 is 0 Å². The highest BCUT2D eigenvalue weighted by atomic mass is 32.2. The molecule has 0 amide bonds. The van der Waals surface area contributed by atoms with E-state index in [0.717, 1.165) is 12.1 Å². The van der Waals surface area contributed by atoms with Crippen LogP contribution in [0.4, 0.5) is 14.5 Å². The zero-order valence-electron chi connectivity index (χ0n) is 11.2. The molecule has 0 aliphatic carbocycles. The Morgan fingerprint density at radius 3 is 2.43 bits per heavy atom. The van der Waals surface area contributed by atoms with Gasteiger partial charge < -0.3 is 5.73 Å². The molecule has 0 saturated heterocycles. The van der Waals surface area contributed by atoms with Crippen molar-refractivity contribution < 1.29 is 17.2 Å². The van der Waals surface area contributed by atoms with Gasteiger partial charge in [-0.2, -0.15) is 0 Å². The van der Waals surface area contributed by atoms with Gasteiger partial charge in [0.2, 0.25) is 0 Å². The molecule has 0 fully saturated rings. The molecule has 0 saturated carbocycles. The molecule has 2 rings (SSSR count). The van der Waals surface area contributed by atoms with E-state index in [0.29, 0.717) is 11.1 Å². The normalized spacial score (nSPS) is 11.4. The van der Waals surface area contributed by atoms with Crippen molar-refractivity contribution in [3.63, 3.8) is 0 Å². The zero-order chi connectivity index (χ0) is 15.6. The van der Waals surface area contributed by atoms with Crippen LogP contribution in [-0.4, -0.2) is 8.42 Å². The van der Waals surface area contributed by atoms with Crippen molar-refractivity contribution in [2.75, 3.05) is 4.72 Å². The molecule has 0 aliphatic heterocycles. The molecule has 0 spiro atoms. The summed E-state index contributed by atoms with van der Waals surface area (Å²) in [6.07, 6.45) is 0. The summed E-state index contributed by atoms with van der Waals surface area (Å²) in [6.45, 7) is 1.74. The Kier molecular flexibility index (Phi) is 4.24. The summed E-state index contributed by atoms with van der Waals surface area (Å²) < 4.78 is 53.8. The number of rotatable bonds is 4. The monoisotopic (exact) mass is 312 g/mol. The molecule has 0 radical (unpaired) electrons. The first-order valence-electron chi connectivity index (χ1n) is 6.11. The van der Waals surface area contributed by atoms with Crippen molar-refractivity contribution in [2.24, 2.45) is 5.73 Å². The smallest absolute Gasteiger partial charge is 0.264 e. The van der Waals surface area contributed by atoms with Gasteiger partial charge in [-0.1, -0.05) is 12.1 Å². The van der Waals surface area contributed by atoms with E-state index in [1.54, 1.807) is 13.0 Å². The molecule has 3 N–H and O–H groups in total. The van der Waals surface area contributed by atoms with Crippen molar-refractivity contribution in [3.8, 4) is 0 Å². The standard InChI is InChI=1S/C14H14F2N2O2S/c1-9-2-5-13(12(16)6-9)18-21(19,20)14-7-10(8-17)3-4-11(14)15/h2-7,18H,8,17H2,1H3. The van der Waals surface area contributed by atoms with E-state index in [2.05, 4.69) is 0 Å². The SMILES string of the molecule is Cc1ccc(NS(=O)(=O)c2cc(CN)ccc2F)c(F)c1. The topological polar surface area (TPSA) is 72.2 Å². The van der Waals surface area contributed by atoms with E-state index in [4.69, 9.17) is 5.73 Å². The maximum absolute atomic E-state index is 13.7. The number of sulfonamides is 1. The molecular weight excluding hydrogens is 298 g/mol. The first kappa shape index (κ1) is 15.4. The van der Waals surface area contributed by atoms with Gasteiger partial charge in [-0.25, -0.2) is 17.2 Å². The third-order valence-electron chi connectivity index (χ3n) is 2.89. The number of hydrogen-bond donors (Lipinski definition) is 2. The fourth-order valence-electron chi connectivity index (χ4n) is 1.78. The van der Waals surface area contributed by atoms with Gasteiger partial charge in [0, 0.05) is 6.54 Å². The molecular formula is C14H14F2N2O2S. The van der Waals surface area contributed by atoms with Gasteiger partial charge in [0.1, 0.15) is 16.5 Å². The molecule has 0 heterocycles. The second kappa shape index (κ2) is 5.79. The number of benzene rings is 2. The van der Waals surface area contributed by atoms with Crippen LogP contribution in [0.25, 0.3) is 0 Å². The van der Waals surface area contributed by atoms with Crippen LogP contribution in [-0.2, 0) is 16.6 Å². The van der Waals surface area contributed by atoms with E-state index in [-0.39, 0.29) is 12.2 Å². The van der Waals surface area contributed by atoms with E-state index in [1.165, 1.54) is 18.2 Å². The van der Waals surface area contributed by atoms with Gasteiger partial charge in [-0.05, 0) is 42.3 Å². The summed E-state index contributed by atoms with van der Waals surface area (Å²) in [5.74, 6) is -1.65. The summed E-state index contributed by atoms with van der Waals surface area (Å²) in [5.41, 5.74) is 6.27. The van der Waals surface area contributed by atoms with Gasteiger partial charge in [-0.15, -0.1) is 0 Å². The molecule has 2 aromatic rings. The minimum atomic E-state index is -4.23. The first-order valence-corrected chi connectivity index (χ1v) is 7.59. The quantitative estimate of drug-likeness (QED) is 0.911. The van der Waals surface area contributed by atoms with Crippen molar-refractivity contribution in [2.45, 2.75) is 18.4 Å². The van der Waals surface area contributed by atoms with E-state index < -0.39 is 26.6 Å². The zero-order valence-corrected chi connectivity index (χ0v) is 12.0. The predicted molar refractivity (Wildman–Crippen MR) is 76.2 cm³/mol. The fraction of sp³-hybridized carbons (Fsp3) is 0.143. The third kappa shape index (κ3) is 3.37. The molecule has 2 aromatic carbocycles. The summed E-state index contributed by atoms with van der Waals surface area (Å²) in [5, 5.41) is 0. The lowest BCUT2D eigenvalue weighted by Crippen LogP contribution is -2.16. The van der Waals surface area contributed by atoms with Crippen LogP contribution in [0.3, 0.4) is 0 Å². The Labute approximate surface area is 121 Å². The van der Waals surface area contributed by atoms with E-state index in [9.17, 15) is 17.2 Å². The van der Waals surface area contributed by atoms with Gasteiger partial charge in [0.15, 0.2) is 0 Å². The van der Waals surface area contributed by atoms with Crippen LogP contribution in [0.1, 0.15) is 11.1 Å². The average molecular weight is 312 g/mol. The summed E-state index contributed by atoms with van der Waals surface area (Å²) in [6, 6.07) is 7.55. The largest absolute Gasteiger partial charge is 0.326 e.